The van der Waals surface area contributed by atoms with E-state index in [4.69, 9.17) is 0 Å². The molecule has 0 atom stereocenters. The van der Waals surface area contributed by atoms with Gasteiger partial charge in [0.1, 0.15) is 0 Å². The number of hydrogen-bond donors (Lipinski definition) is 0. The maximum Gasteiger partial charge on any atom is 0 e. The summed E-state index contributed by atoms with van der Waals surface area (Å²) in [5.74, 6) is 0. The van der Waals surface area contributed by atoms with Crippen molar-refractivity contribution in [2.75, 3.05) is 0 Å². The predicted octanol–water partition coefficient (Wildman–Crippen LogP) is 0.184. The predicted molar refractivity (Wildman–Crippen MR) is 33.3 cm³/mol. The second-order valence-corrected chi connectivity index (χ2v) is 4.50. The van der Waals surface area contributed by atoms with Crippen molar-refractivity contribution in [1.29, 1.82) is 0 Å². The average Bonchev–Trinajstić information content (AvgIpc) is 0.811. The summed E-state index contributed by atoms with van der Waals surface area (Å²) in [4.78, 5) is 0. The molecule has 0 heterocycles. The van der Waals surface area contributed by atoms with Gasteiger partial charge in [-0.05, 0) is 0 Å². The topological polar surface area (TPSA) is 0 Å². The van der Waals surface area contributed by atoms with Crippen LogP contribution in [0.5, 0.6) is 0 Å². The van der Waals surface area contributed by atoms with Gasteiger partial charge in [-0.25, -0.2) is 0 Å². The van der Waals surface area contributed by atoms with Crippen LogP contribution >= 0.6 is 0 Å². The molecule has 0 aliphatic heterocycles. The summed E-state index contributed by atoms with van der Waals surface area (Å²) in [6.45, 7) is 6.81. The number of hydrogen-bond acceptors (Lipinski definition) is 0. The van der Waals surface area contributed by atoms with Gasteiger partial charge < -0.3 is 0 Å². The Morgan fingerprint density at radius 3 is 1.00 bits per heavy atom. The monoisotopic (exact) mass is 352 g/mol. The minimum absolute atomic E-state index is 0. The van der Waals surface area contributed by atoms with Crippen molar-refractivity contribution < 1.29 is 27.7 Å². The van der Waals surface area contributed by atoms with Gasteiger partial charge in [0.2, 0.25) is 0 Å². The second-order valence-electron chi connectivity index (χ2n) is 1.50. The molecule has 0 unspecified atom stereocenters. The van der Waals surface area contributed by atoms with Gasteiger partial charge in [-0.1, -0.05) is 19.6 Å². The molecule has 0 N–H and O–H groups in total. The zero-order valence-electron chi connectivity index (χ0n) is 5.21. The van der Waals surface area contributed by atoms with Gasteiger partial charge >= 0.3 is 17.6 Å². The van der Waals surface area contributed by atoms with E-state index in [9.17, 15) is 0 Å². The van der Waals surface area contributed by atoms with Gasteiger partial charge in [0.15, 0.2) is 0 Å². The summed E-state index contributed by atoms with van der Waals surface area (Å²) < 4.78 is 0. The van der Waals surface area contributed by atoms with E-state index in [1.165, 1.54) is 0 Å². The Morgan fingerprint density at radius 2 is 1.00 bits per heavy atom. The van der Waals surface area contributed by atoms with E-state index in [0.717, 1.165) is 0 Å². The van der Waals surface area contributed by atoms with Crippen molar-refractivity contribution >= 4 is 26.4 Å². The molecule has 0 aromatic carbocycles. The van der Waals surface area contributed by atoms with Crippen LogP contribution in [0.2, 0.25) is 19.6 Å². The van der Waals surface area contributed by atoms with Crippen molar-refractivity contribution in [3.63, 3.8) is 0 Å². The van der Waals surface area contributed by atoms with E-state index in [0.29, 0.717) is 0 Å². The first kappa shape index (κ1) is 15.6. The van der Waals surface area contributed by atoms with Gasteiger partial charge in [0, 0.05) is 36.5 Å². The Bertz CT molecular complexity index is 15.5. The molecule has 0 fully saturated rings. The molecule has 0 aromatic heterocycles. The van der Waals surface area contributed by atoms with E-state index in [1.807, 2.05) is 0 Å². The average molecular weight is 349 g/mol. The van der Waals surface area contributed by atoms with E-state index in [-0.39, 0.29) is 54.1 Å². The molecule has 0 saturated carbocycles. The summed E-state index contributed by atoms with van der Waals surface area (Å²) in [7, 11) is 0.120. The molecule has 6 heavy (non-hydrogen) atoms. The summed E-state index contributed by atoms with van der Waals surface area (Å²) in [6.07, 6.45) is 0. The Hall–Kier alpha value is 1.69. The molecule has 0 aliphatic rings. The first-order valence-electron chi connectivity index (χ1n) is 1.50. The third-order valence-corrected chi connectivity index (χ3v) is 0. The second kappa shape index (κ2) is 9.85. The van der Waals surface area contributed by atoms with Gasteiger partial charge in [-0.2, -0.15) is 0 Å². The molecular formula is C3H12GeHgSi. The Morgan fingerprint density at radius 1 is 1.00 bits per heavy atom. The van der Waals surface area contributed by atoms with Crippen molar-refractivity contribution in [3.05, 3.63) is 0 Å². The largest absolute Gasteiger partial charge is 0 e. The summed E-state index contributed by atoms with van der Waals surface area (Å²) in [6, 6.07) is 0. The maximum absolute atomic E-state index is 2.27. The first-order chi connectivity index (χ1) is 1.73. The van der Waals surface area contributed by atoms with Crippen LogP contribution in [0.1, 0.15) is 0 Å². The van der Waals surface area contributed by atoms with E-state index in [2.05, 4.69) is 19.6 Å². The summed E-state index contributed by atoms with van der Waals surface area (Å²) >= 11 is 0. The van der Waals surface area contributed by atoms with Gasteiger partial charge in [0.05, 0.1) is 0 Å². The van der Waals surface area contributed by atoms with Gasteiger partial charge in [-0.3, -0.25) is 0 Å². The van der Waals surface area contributed by atoms with Crippen molar-refractivity contribution in [1.82, 2.24) is 0 Å². The minimum Gasteiger partial charge on any atom is 0 e. The van der Waals surface area contributed by atoms with E-state index < -0.39 is 0 Å². The Kier molecular flexibility index (Phi) is 25.7. The van der Waals surface area contributed by atoms with Crippen LogP contribution in [0.4, 0.5) is 0 Å². The molecular weight excluding hydrogens is 337 g/mol. The smallest absolute Gasteiger partial charge is 0 e. The van der Waals surface area contributed by atoms with Crippen LogP contribution < -0.4 is 0 Å². The standard InChI is InChI=1S/C3H9Si.GeH3.Hg/c1-4(2)3;;/h1-3H3;1H3;. The third-order valence-electron chi connectivity index (χ3n) is 0. The molecule has 0 amide bonds. The van der Waals surface area contributed by atoms with E-state index in [1.54, 1.807) is 0 Å². The molecule has 2 radical (unpaired) electrons. The molecule has 0 spiro atoms. The van der Waals surface area contributed by atoms with Gasteiger partial charge in [0.25, 0.3) is 0 Å². The fourth-order valence-corrected chi connectivity index (χ4v) is 0. The maximum atomic E-state index is 2.27. The van der Waals surface area contributed by atoms with Crippen molar-refractivity contribution in [2.24, 2.45) is 0 Å². The zero-order chi connectivity index (χ0) is 3.58. The molecule has 0 bridgehead atoms. The molecule has 3 heteroatoms. The third kappa shape index (κ3) is 43.7. The molecule has 34 valence electrons. The fraction of sp³-hybridized carbons (Fsp3) is 1.00. The van der Waals surface area contributed by atoms with Crippen LogP contribution in [-0.4, -0.2) is 26.4 Å². The van der Waals surface area contributed by atoms with Crippen LogP contribution in [0, 0.1) is 0 Å². The first-order valence-corrected chi connectivity index (χ1v) is 4.50. The van der Waals surface area contributed by atoms with Crippen LogP contribution in [0.25, 0.3) is 0 Å². The quantitative estimate of drug-likeness (QED) is 0.548. The fourth-order valence-electron chi connectivity index (χ4n) is 0. The van der Waals surface area contributed by atoms with Gasteiger partial charge in [-0.15, -0.1) is 0 Å². The number of rotatable bonds is 0. The molecule has 0 saturated heterocycles. The SMILES string of the molecule is C[Si](C)C.[GeH3].[Hg]. The summed E-state index contributed by atoms with van der Waals surface area (Å²) in [5.41, 5.74) is 0. The van der Waals surface area contributed by atoms with Crippen molar-refractivity contribution in [2.45, 2.75) is 19.6 Å². The molecule has 0 nitrogen and oxygen atoms in total. The summed E-state index contributed by atoms with van der Waals surface area (Å²) in [5, 5.41) is 0. The molecule has 0 rings (SSSR count). The Balaban J connectivity index is -0.0000000450. The Labute approximate surface area is 73.2 Å². The van der Waals surface area contributed by atoms with E-state index >= 15 is 0 Å². The van der Waals surface area contributed by atoms with Crippen LogP contribution in [-0.2, 0) is 27.7 Å². The normalized spacial score (nSPS) is 6.00. The van der Waals surface area contributed by atoms with Crippen LogP contribution in [0.3, 0.4) is 0 Å². The zero-order valence-corrected chi connectivity index (χ0v) is 15.9. The minimum atomic E-state index is 0. The van der Waals surface area contributed by atoms with Crippen molar-refractivity contribution in [3.8, 4) is 0 Å². The molecule has 0 aromatic rings. The molecule has 0 aliphatic carbocycles. The van der Waals surface area contributed by atoms with Crippen LogP contribution in [0.15, 0.2) is 0 Å².